The van der Waals surface area contributed by atoms with Gasteiger partial charge in [-0.15, -0.1) is 11.3 Å². The van der Waals surface area contributed by atoms with Crippen LogP contribution in [-0.4, -0.2) is 19.3 Å². The number of sulfonamides is 1. The monoisotopic (exact) mass is 385 g/mol. The number of nitrogens with zero attached hydrogens (tertiary/aromatic N) is 1. The van der Waals surface area contributed by atoms with Crippen molar-refractivity contribution in [1.82, 2.24) is 4.31 Å². The maximum absolute atomic E-state index is 12.9. The summed E-state index contributed by atoms with van der Waals surface area (Å²) in [4.78, 5) is 1.69. The fourth-order valence-corrected chi connectivity index (χ4v) is 5.70. The van der Waals surface area contributed by atoms with Gasteiger partial charge in [-0.25, -0.2) is 8.42 Å². The lowest BCUT2D eigenvalue weighted by molar-refractivity contribution is 0.303. The minimum atomic E-state index is -3.44. The Balaban J connectivity index is 2.01. The van der Waals surface area contributed by atoms with Crippen LogP contribution in [0.3, 0.4) is 0 Å². The third kappa shape index (κ3) is 2.70. The van der Waals surface area contributed by atoms with Gasteiger partial charge in [0.15, 0.2) is 0 Å². The number of rotatable bonds is 3. The molecule has 1 atom stereocenters. The van der Waals surface area contributed by atoms with E-state index in [-0.39, 0.29) is 6.04 Å². The average Bonchev–Trinajstić information content (AvgIpc) is 2.95. The van der Waals surface area contributed by atoms with Gasteiger partial charge in [0.1, 0.15) is 0 Å². The van der Waals surface area contributed by atoms with Gasteiger partial charge in [-0.2, -0.15) is 4.31 Å². The Labute approximate surface area is 137 Å². The van der Waals surface area contributed by atoms with E-state index in [1.807, 2.05) is 6.92 Å². The lowest BCUT2D eigenvalue weighted by Gasteiger charge is -2.34. The molecule has 0 N–H and O–H groups in total. The summed E-state index contributed by atoms with van der Waals surface area (Å²) in [6.45, 7) is 2.60. The maximum atomic E-state index is 12.9. The quantitative estimate of drug-likeness (QED) is 0.793. The fraction of sp³-hybridized carbons (Fsp3) is 0.333. The second-order valence-corrected chi connectivity index (χ2v) is 8.85. The molecule has 0 bridgehead atoms. The van der Waals surface area contributed by atoms with E-state index in [1.54, 1.807) is 39.9 Å². The molecular formula is C15H16BrNO2S2. The van der Waals surface area contributed by atoms with E-state index in [0.29, 0.717) is 11.4 Å². The molecule has 0 radical (unpaired) electrons. The Hall–Kier alpha value is -0.690. The van der Waals surface area contributed by atoms with Crippen LogP contribution in [-0.2, 0) is 16.4 Å². The standard InChI is InChI=1S/C15H16BrNO2S2/c1-2-14-13-8-10-20-15(13)7-9-17(14)21(18,19)12-5-3-11(16)4-6-12/h3-6,8,10,14H,2,7,9H2,1H3. The van der Waals surface area contributed by atoms with Crippen molar-refractivity contribution in [2.75, 3.05) is 6.54 Å². The van der Waals surface area contributed by atoms with E-state index in [4.69, 9.17) is 0 Å². The normalized spacial score (nSPS) is 19.4. The molecule has 0 aliphatic carbocycles. The van der Waals surface area contributed by atoms with Crippen molar-refractivity contribution in [1.29, 1.82) is 0 Å². The van der Waals surface area contributed by atoms with Crippen molar-refractivity contribution in [2.45, 2.75) is 30.7 Å². The van der Waals surface area contributed by atoms with Gasteiger partial charge < -0.3 is 0 Å². The van der Waals surface area contributed by atoms with E-state index in [9.17, 15) is 8.42 Å². The lowest BCUT2D eigenvalue weighted by Crippen LogP contribution is -2.39. The highest BCUT2D eigenvalue weighted by molar-refractivity contribution is 9.10. The molecule has 1 unspecified atom stereocenters. The molecule has 1 aromatic carbocycles. The zero-order chi connectivity index (χ0) is 15.0. The van der Waals surface area contributed by atoms with Gasteiger partial charge in [0.25, 0.3) is 0 Å². The summed E-state index contributed by atoms with van der Waals surface area (Å²) in [5.41, 5.74) is 1.18. The number of halogens is 1. The zero-order valence-electron chi connectivity index (χ0n) is 11.6. The van der Waals surface area contributed by atoms with Gasteiger partial charge in [-0.05, 0) is 54.1 Å². The first-order valence-electron chi connectivity index (χ1n) is 6.87. The topological polar surface area (TPSA) is 37.4 Å². The molecule has 112 valence electrons. The van der Waals surface area contributed by atoms with Crippen LogP contribution in [0, 0.1) is 0 Å². The largest absolute Gasteiger partial charge is 0.243 e. The molecule has 1 aromatic heterocycles. The summed E-state index contributed by atoms with van der Waals surface area (Å²) in [5, 5.41) is 2.06. The van der Waals surface area contributed by atoms with Gasteiger partial charge in [-0.3, -0.25) is 0 Å². The highest BCUT2D eigenvalue weighted by Crippen LogP contribution is 2.38. The number of hydrogen-bond acceptors (Lipinski definition) is 3. The summed E-state index contributed by atoms with van der Waals surface area (Å²) < 4.78 is 28.4. The molecule has 3 rings (SSSR count). The second-order valence-electron chi connectivity index (χ2n) is 5.04. The molecule has 1 aliphatic heterocycles. The Morgan fingerprint density at radius 3 is 2.67 bits per heavy atom. The highest BCUT2D eigenvalue weighted by Gasteiger charge is 2.35. The van der Waals surface area contributed by atoms with Gasteiger partial charge >= 0.3 is 0 Å². The van der Waals surface area contributed by atoms with Crippen molar-refractivity contribution in [3.05, 3.63) is 50.6 Å². The summed E-state index contributed by atoms with van der Waals surface area (Å²) in [6, 6.07) is 8.89. The number of benzene rings is 1. The third-order valence-corrected chi connectivity index (χ3v) is 7.30. The first kappa shape index (κ1) is 15.2. The maximum Gasteiger partial charge on any atom is 0.243 e. The van der Waals surface area contributed by atoms with Crippen molar-refractivity contribution >= 4 is 37.3 Å². The lowest BCUT2D eigenvalue weighted by atomic mass is 10.0. The molecule has 6 heteroatoms. The van der Waals surface area contributed by atoms with Crippen LogP contribution in [0.5, 0.6) is 0 Å². The molecule has 3 nitrogen and oxygen atoms in total. The van der Waals surface area contributed by atoms with Gasteiger partial charge in [0.2, 0.25) is 10.0 Å². The smallest absolute Gasteiger partial charge is 0.207 e. The number of fused-ring (bicyclic) bond motifs is 1. The number of thiophene rings is 1. The van der Waals surface area contributed by atoms with E-state index >= 15 is 0 Å². The average molecular weight is 386 g/mol. The summed E-state index contributed by atoms with van der Waals surface area (Å²) in [6.07, 6.45) is 1.60. The van der Waals surface area contributed by atoms with E-state index < -0.39 is 10.0 Å². The molecule has 0 saturated carbocycles. The van der Waals surface area contributed by atoms with Crippen molar-refractivity contribution < 1.29 is 8.42 Å². The number of hydrogen-bond donors (Lipinski definition) is 0. The van der Waals surface area contributed by atoms with Crippen molar-refractivity contribution in [3.8, 4) is 0 Å². The van der Waals surface area contributed by atoms with Gasteiger partial charge in [0, 0.05) is 15.9 Å². The molecule has 1 aliphatic rings. The van der Waals surface area contributed by atoms with Gasteiger partial charge in [0.05, 0.1) is 10.9 Å². The van der Waals surface area contributed by atoms with E-state index in [1.165, 1.54) is 10.4 Å². The predicted molar refractivity (Wildman–Crippen MR) is 89.1 cm³/mol. The van der Waals surface area contributed by atoms with E-state index in [0.717, 1.165) is 17.3 Å². The summed E-state index contributed by atoms with van der Waals surface area (Å²) >= 11 is 5.07. The Bertz CT molecular complexity index is 737. The molecule has 2 heterocycles. The first-order chi connectivity index (χ1) is 10.0. The van der Waals surface area contributed by atoms with Crippen LogP contribution in [0.2, 0.25) is 0 Å². The molecule has 21 heavy (non-hydrogen) atoms. The SMILES string of the molecule is CCC1c2ccsc2CCN1S(=O)(=O)c1ccc(Br)cc1. The zero-order valence-corrected chi connectivity index (χ0v) is 14.8. The second kappa shape index (κ2) is 5.83. The van der Waals surface area contributed by atoms with Crippen molar-refractivity contribution in [3.63, 3.8) is 0 Å². The molecule has 0 spiro atoms. The third-order valence-electron chi connectivity index (χ3n) is 3.85. The van der Waals surface area contributed by atoms with Crippen molar-refractivity contribution in [2.24, 2.45) is 0 Å². The predicted octanol–water partition coefficient (Wildman–Crippen LogP) is 4.21. The van der Waals surface area contributed by atoms with Crippen LogP contribution < -0.4 is 0 Å². The minimum absolute atomic E-state index is 0.0475. The van der Waals surface area contributed by atoms with Crippen LogP contribution in [0.15, 0.2) is 45.1 Å². The summed E-state index contributed by atoms with van der Waals surface area (Å²) in [7, 11) is -3.44. The van der Waals surface area contributed by atoms with Crippen LogP contribution in [0.4, 0.5) is 0 Å². The Kier molecular flexibility index (Phi) is 4.23. The first-order valence-corrected chi connectivity index (χ1v) is 9.99. The van der Waals surface area contributed by atoms with Crippen LogP contribution in [0.1, 0.15) is 29.8 Å². The summed E-state index contributed by atoms with van der Waals surface area (Å²) in [5.74, 6) is 0. The molecule has 0 amide bonds. The van der Waals surface area contributed by atoms with Crippen LogP contribution >= 0.6 is 27.3 Å². The molecule has 2 aromatic rings. The Morgan fingerprint density at radius 2 is 2.00 bits per heavy atom. The minimum Gasteiger partial charge on any atom is -0.207 e. The molecule has 0 saturated heterocycles. The molecule has 0 fully saturated rings. The molecular weight excluding hydrogens is 370 g/mol. The Morgan fingerprint density at radius 1 is 1.29 bits per heavy atom. The van der Waals surface area contributed by atoms with Gasteiger partial charge in [-0.1, -0.05) is 22.9 Å². The van der Waals surface area contributed by atoms with E-state index in [2.05, 4.69) is 27.4 Å². The highest BCUT2D eigenvalue weighted by atomic mass is 79.9. The van der Waals surface area contributed by atoms with Crippen LogP contribution in [0.25, 0.3) is 0 Å². The fourth-order valence-electron chi connectivity index (χ4n) is 2.83.